The van der Waals surface area contributed by atoms with Crippen molar-refractivity contribution in [3.8, 4) is 5.75 Å². The predicted molar refractivity (Wildman–Crippen MR) is 98.9 cm³/mol. The maximum Gasteiger partial charge on any atom is 0.231 e. The van der Waals surface area contributed by atoms with Crippen molar-refractivity contribution in [3.05, 3.63) is 59.7 Å². The first-order valence-corrected chi connectivity index (χ1v) is 9.60. The summed E-state index contributed by atoms with van der Waals surface area (Å²) in [6.07, 6.45) is 2.35. The Labute approximate surface area is 145 Å². The lowest BCUT2D eigenvalue weighted by Gasteiger charge is -2.17. The minimum Gasteiger partial charge on any atom is -0.497 e. The highest BCUT2D eigenvalue weighted by atomic mass is 32.2. The first kappa shape index (κ1) is 18.2. The second kappa shape index (κ2) is 8.64. The van der Waals surface area contributed by atoms with E-state index in [-0.39, 0.29) is 11.8 Å². The largest absolute Gasteiger partial charge is 0.497 e. The van der Waals surface area contributed by atoms with Gasteiger partial charge in [-0.2, -0.15) is 0 Å². The Bertz CT molecular complexity index is 713. The van der Waals surface area contributed by atoms with Crippen LogP contribution in [0.25, 0.3) is 0 Å². The molecule has 2 rings (SSSR count). The van der Waals surface area contributed by atoms with E-state index in [2.05, 4.69) is 5.32 Å². The number of carbonyl (C=O) groups is 1. The molecule has 0 heterocycles. The topological polar surface area (TPSA) is 55.4 Å². The van der Waals surface area contributed by atoms with Crippen LogP contribution in [-0.4, -0.2) is 23.5 Å². The van der Waals surface area contributed by atoms with E-state index in [1.54, 1.807) is 13.4 Å². The van der Waals surface area contributed by atoms with Crippen molar-refractivity contribution in [2.75, 3.05) is 18.7 Å². The van der Waals surface area contributed by atoms with E-state index >= 15 is 0 Å². The average Bonchev–Trinajstić information content (AvgIpc) is 2.57. The minimum atomic E-state index is -0.959. The maximum atomic E-state index is 12.7. The molecule has 24 heavy (non-hydrogen) atoms. The highest BCUT2D eigenvalue weighted by Crippen LogP contribution is 2.25. The first-order chi connectivity index (χ1) is 11.5. The maximum absolute atomic E-state index is 12.7. The Kier molecular flexibility index (Phi) is 6.55. The number of hydrogen-bond donors (Lipinski definition) is 1. The number of amides is 1. The van der Waals surface area contributed by atoms with Crippen LogP contribution in [0, 0.1) is 0 Å². The van der Waals surface area contributed by atoms with Gasteiger partial charge < -0.3 is 10.1 Å². The second-order valence-corrected chi connectivity index (χ2v) is 7.03. The SMILES string of the molecule is CC[C@@H](C(=O)Nc1ccccc1C[S@@](C)=O)c1ccc(OC)cc1. The lowest BCUT2D eigenvalue weighted by atomic mass is 9.95. The number of carbonyl (C=O) groups excluding carboxylic acids is 1. The zero-order valence-electron chi connectivity index (χ0n) is 14.2. The third-order valence-corrected chi connectivity index (χ3v) is 4.59. The van der Waals surface area contributed by atoms with Crippen molar-refractivity contribution in [2.45, 2.75) is 25.0 Å². The molecule has 5 heteroatoms. The standard InChI is InChI=1S/C19H23NO3S/c1-4-17(14-9-11-16(23-2)12-10-14)19(21)20-18-8-6-5-7-15(18)13-24(3)22/h5-12,17H,4,13H2,1-3H3,(H,20,21)/t17-,24-/m1/s1. The van der Waals surface area contributed by atoms with E-state index in [4.69, 9.17) is 4.74 Å². The number of methoxy groups -OCH3 is 1. The minimum absolute atomic E-state index is 0.0583. The molecule has 0 aromatic heterocycles. The van der Waals surface area contributed by atoms with Gasteiger partial charge in [0.25, 0.3) is 0 Å². The second-order valence-electron chi connectivity index (χ2n) is 5.60. The molecule has 0 radical (unpaired) electrons. The van der Waals surface area contributed by atoms with Crippen molar-refractivity contribution < 1.29 is 13.7 Å². The van der Waals surface area contributed by atoms with Gasteiger partial charge >= 0.3 is 0 Å². The molecule has 0 aliphatic rings. The van der Waals surface area contributed by atoms with Gasteiger partial charge in [0.15, 0.2) is 0 Å². The van der Waals surface area contributed by atoms with Gasteiger partial charge in [-0.05, 0) is 35.7 Å². The van der Waals surface area contributed by atoms with Gasteiger partial charge in [0, 0.05) is 22.7 Å². The first-order valence-electron chi connectivity index (χ1n) is 7.88. The van der Waals surface area contributed by atoms with E-state index in [0.29, 0.717) is 12.2 Å². The van der Waals surface area contributed by atoms with E-state index in [1.165, 1.54) is 0 Å². The number of para-hydroxylation sites is 1. The molecule has 0 aliphatic heterocycles. The molecule has 0 saturated heterocycles. The lowest BCUT2D eigenvalue weighted by Crippen LogP contribution is -2.21. The number of anilines is 1. The Morgan fingerprint density at radius 3 is 2.42 bits per heavy atom. The smallest absolute Gasteiger partial charge is 0.231 e. The molecule has 2 aromatic rings. The number of benzene rings is 2. The fraction of sp³-hybridized carbons (Fsp3) is 0.316. The van der Waals surface area contributed by atoms with E-state index in [0.717, 1.165) is 22.6 Å². The van der Waals surface area contributed by atoms with E-state index in [1.807, 2.05) is 55.5 Å². The molecule has 1 amide bonds. The van der Waals surface area contributed by atoms with Crippen molar-refractivity contribution in [1.82, 2.24) is 0 Å². The molecule has 0 fully saturated rings. The van der Waals surface area contributed by atoms with Gasteiger partial charge in [-0.15, -0.1) is 0 Å². The molecule has 4 nitrogen and oxygen atoms in total. The summed E-state index contributed by atoms with van der Waals surface area (Å²) in [5.74, 6) is 0.897. The number of nitrogens with one attached hydrogen (secondary N) is 1. The van der Waals surface area contributed by atoms with Crippen molar-refractivity contribution in [3.63, 3.8) is 0 Å². The monoisotopic (exact) mass is 345 g/mol. The van der Waals surface area contributed by atoms with Crippen LogP contribution in [0.2, 0.25) is 0 Å². The van der Waals surface area contributed by atoms with Crippen LogP contribution < -0.4 is 10.1 Å². The van der Waals surface area contributed by atoms with Gasteiger partial charge in [0.2, 0.25) is 5.91 Å². The molecular formula is C19H23NO3S. The van der Waals surface area contributed by atoms with Crippen LogP contribution in [-0.2, 0) is 21.3 Å². The summed E-state index contributed by atoms with van der Waals surface area (Å²) in [5.41, 5.74) is 2.56. The molecule has 0 spiro atoms. The Morgan fingerprint density at radius 1 is 1.17 bits per heavy atom. The fourth-order valence-electron chi connectivity index (χ4n) is 2.62. The highest BCUT2D eigenvalue weighted by molar-refractivity contribution is 7.83. The van der Waals surface area contributed by atoms with Crippen LogP contribution in [0.5, 0.6) is 5.75 Å². The lowest BCUT2D eigenvalue weighted by molar-refractivity contribution is -0.117. The third-order valence-electron chi connectivity index (χ3n) is 3.88. The molecule has 0 unspecified atom stereocenters. The van der Waals surface area contributed by atoms with Gasteiger partial charge in [0.05, 0.1) is 18.8 Å². The zero-order chi connectivity index (χ0) is 17.5. The van der Waals surface area contributed by atoms with Crippen LogP contribution >= 0.6 is 0 Å². The molecule has 2 atom stereocenters. The molecule has 0 aliphatic carbocycles. The molecule has 0 bridgehead atoms. The summed E-state index contributed by atoms with van der Waals surface area (Å²) in [6.45, 7) is 1.99. The highest BCUT2D eigenvalue weighted by Gasteiger charge is 2.19. The molecular weight excluding hydrogens is 322 g/mol. The number of hydrogen-bond acceptors (Lipinski definition) is 3. The van der Waals surface area contributed by atoms with Crippen molar-refractivity contribution in [2.24, 2.45) is 0 Å². The summed E-state index contributed by atoms with van der Waals surface area (Å²) in [5, 5.41) is 2.99. The normalized spacial score (nSPS) is 13.1. The van der Waals surface area contributed by atoms with Crippen LogP contribution in [0.15, 0.2) is 48.5 Å². The summed E-state index contributed by atoms with van der Waals surface area (Å²) >= 11 is 0. The van der Waals surface area contributed by atoms with E-state index < -0.39 is 10.8 Å². The molecule has 0 saturated carbocycles. The van der Waals surface area contributed by atoms with Crippen LogP contribution in [0.4, 0.5) is 5.69 Å². The fourth-order valence-corrected chi connectivity index (χ4v) is 3.31. The summed E-state index contributed by atoms with van der Waals surface area (Å²) < 4.78 is 16.7. The Morgan fingerprint density at radius 2 is 1.83 bits per heavy atom. The summed E-state index contributed by atoms with van der Waals surface area (Å²) in [4.78, 5) is 12.7. The molecule has 2 aromatic carbocycles. The number of rotatable bonds is 7. The van der Waals surface area contributed by atoms with Gasteiger partial charge in [-0.1, -0.05) is 37.3 Å². The van der Waals surface area contributed by atoms with Crippen molar-refractivity contribution in [1.29, 1.82) is 0 Å². The third kappa shape index (κ3) is 4.68. The Balaban J connectivity index is 2.19. The average molecular weight is 345 g/mol. The van der Waals surface area contributed by atoms with Gasteiger partial charge in [-0.3, -0.25) is 9.00 Å². The van der Waals surface area contributed by atoms with Crippen LogP contribution in [0.3, 0.4) is 0 Å². The van der Waals surface area contributed by atoms with Gasteiger partial charge in [0.1, 0.15) is 5.75 Å². The van der Waals surface area contributed by atoms with Gasteiger partial charge in [-0.25, -0.2) is 0 Å². The zero-order valence-corrected chi connectivity index (χ0v) is 15.1. The van der Waals surface area contributed by atoms with E-state index in [9.17, 15) is 9.00 Å². The van der Waals surface area contributed by atoms with Crippen LogP contribution in [0.1, 0.15) is 30.4 Å². The molecule has 1 N–H and O–H groups in total. The quantitative estimate of drug-likeness (QED) is 0.832. The predicted octanol–water partition coefficient (Wildman–Crippen LogP) is 3.71. The van der Waals surface area contributed by atoms with Crippen molar-refractivity contribution >= 4 is 22.4 Å². The Hall–Kier alpha value is -2.14. The summed E-state index contributed by atoms with van der Waals surface area (Å²) in [7, 11) is 0.660. The molecule has 128 valence electrons. The number of ether oxygens (including phenoxy) is 1. The summed E-state index contributed by atoms with van der Waals surface area (Å²) in [6, 6.07) is 15.1.